The van der Waals surface area contributed by atoms with E-state index in [1.54, 1.807) is 6.07 Å². The predicted octanol–water partition coefficient (Wildman–Crippen LogP) is 2.33. The molecule has 0 aromatic carbocycles. The number of alkyl halides is 3. The quantitative estimate of drug-likeness (QED) is 0.772. The average molecular weight is 261 g/mol. The van der Waals surface area contributed by atoms with Crippen molar-refractivity contribution in [3.8, 4) is 0 Å². The van der Waals surface area contributed by atoms with Crippen molar-refractivity contribution in [3.05, 3.63) is 24.0 Å². The number of aromatic nitrogens is 1. The van der Waals surface area contributed by atoms with Gasteiger partial charge in [-0.15, -0.1) is 0 Å². The molecule has 0 radical (unpaired) electrons. The van der Waals surface area contributed by atoms with E-state index in [2.05, 4.69) is 10.3 Å². The molecule has 1 rings (SSSR count). The van der Waals surface area contributed by atoms with Crippen LogP contribution in [-0.2, 0) is 0 Å². The Morgan fingerprint density at radius 2 is 2.11 bits per heavy atom. The van der Waals surface area contributed by atoms with Crippen molar-refractivity contribution in [2.75, 3.05) is 11.9 Å². The molecule has 0 aliphatic carbocycles. The summed E-state index contributed by atoms with van der Waals surface area (Å²) in [6.45, 7) is 0.401. The summed E-state index contributed by atoms with van der Waals surface area (Å²) in [4.78, 5) is 14.6. The van der Waals surface area contributed by atoms with E-state index in [4.69, 9.17) is 5.73 Å². The van der Waals surface area contributed by atoms with E-state index in [9.17, 15) is 18.0 Å². The first-order valence-electron chi connectivity index (χ1n) is 5.45. The third-order valence-corrected chi connectivity index (χ3v) is 2.23. The Morgan fingerprint density at radius 1 is 1.39 bits per heavy atom. The van der Waals surface area contributed by atoms with E-state index in [0.29, 0.717) is 18.7 Å². The second kappa shape index (κ2) is 6.23. The summed E-state index contributed by atoms with van der Waals surface area (Å²) in [5, 5.41) is 2.91. The van der Waals surface area contributed by atoms with Gasteiger partial charge in [-0.05, 0) is 25.0 Å². The SMILES string of the molecule is NC(=O)c1cc(NCCCCC(F)(F)F)ccn1. The molecule has 0 aliphatic rings. The van der Waals surface area contributed by atoms with E-state index in [-0.39, 0.29) is 12.1 Å². The molecule has 1 heterocycles. The van der Waals surface area contributed by atoms with Gasteiger partial charge in [0, 0.05) is 24.8 Å². The van der Waals surface area contributed by atoms with Crippen LogP contribution in [0.2, 0.25) is 0 Å². The van der Waals surface area contributed by atoms with Crippen molar-refractivity contribution in [2.24, 2.45) is 5.73 Å². The molecule has 3 N–H and O–H groups in total. The Hall–Kier alpha value is -1.79. The molecule has 1 aromatic heterocycles. The number of nitrogens with two attached hydrogens (primary N) is 1. The maximum atomic E-state index is 11.9. The molecule has 1 amide bonds. The lowest BCUT2D eigenvalue weighted by Crippen LogP contribution is -2.13. The first kappa shape index (κ1) is 14.3. The maximum Gasteiger partial charge on any atom is 0.389 e. The van der Waals surface area contributed by atoms with Gasteiger partial charge in [-0.1, -0.05) is 0 Å². The molecule has 1 aromatic rings. The lowest BCUT2D eigenvalue weighted by Gasteiger charge is -2.08. The third kappa shape index (κ3) is 5.51. The van der Waals surface area contributed by atoms with Crippen LogP contribution in [0.15, 0.2) is 18.3 Å². The van der Waals surface area contributed by atoms with Crippen LogP contribution in [0.3, 0.4) is 0 Å². The zero-order valence-corrected chi connectivity index (χ0v) is 9.63. The number of nitrogens with zero attached hydrogens (tertiary/aromatic N) is 1. The maximum absolute atomic E-state index is 11.9. The number of primary amides is 1. The second-order valence-electron chi connectivity index (χ2n) is 3.79. The van der Waals surface area contributed by atoms with Gasteiger partial charge in [0.1, 0.15) is 5.69 Å². The molecule has 0 spiro atoms. The Labute approximate surface area is 102 Å². The van der Waals surface area contributed by atoms with E-state index < -0.39 is 18.5 Å². The standard InChI is InChI=1S/C11H14F3N3O/c12-11(13,14)4-1-2-5-16-8-3-6-17-9(7-8)10(15)18/h3,6-7H,1-2,4-5H2,(H2,15,18)(H,16,17). The van der Waals surface area contributed by atoms with E-state index in [1.165, 1.54) is 12.3 Å². The molecule has 0 saturated heterocycles. The number of nitrogens with one attached hydrogen (secondary N) is 1. The van der Waals surface area contributed by atoms with Gasteiger partial charge in [0.05, 0.1) is 0 Å². The Morgan fingerprint density at radius 3 is 2.72 bits per heavy atom. The van der Waals surface area contributed by atoms with Crippen molar-refractivity contribution < 1.29 is 18.0 Å². The van der Waals surface area contributed by atoms with Crippen LogP contribution in [0.5, 0.6) is 0 Å². The number of hydrogen-bond acceptors (Lipinski definition) is 3. The largest absolute Gasteiger partial charge is 0.389 e. The first-order valence-corrected chi connectivity index (χ1v) is 5.45. The number of amides is 1. The Bertz CT molecular complexity index is 407. The van der Waals surface area contributed by atoms with E-state index in [0.717, 1.165) is 0 Å². The fourth-order valence-corrected chi connectivity index (χ4v) is 1.36. The van der Waals surface area contributed by atoms with E-state index >= 15 is 0 Å². The van der Waals surface area contributed by atoms with Crippen molar-refractivity contribution in [1.82, 2.24) is 4.98 Å². The monoisotopic (exact) mass is 261 g/mol. The molecule has 18 heavy (non-hydrogen) atoms. The summed E-state index contributed by atoms with van der Waals surface area (Å²) >= 11 is 0. The Balaban J connectivity index is 2.31. The molecule has 0 fully saturated rings. The zero-order valence-electron chi connectivity index (χ0n) is 9.63. The lowest BCUT2D eigenvalue weighted by atomic mass is 10.2. The number of pyridine rings is 1. The fraction of sp³-hybridized carbons (Fsp3) is 0.455. The van der Waals surface area contributed by atoms with Gasteiger partial charge in [-0.2, -0.15) is 13.2 Å². The highest BCUT2D eigenvalue weighted by molar-refractivity contribution is 5.91. The second-order valence-corrected chi connectivity index (χ2v) is 3.79. The molecular weight excluding hydrogens is 247 g/mol. The van der Waals surface area contributed by atoms with Gasteiger partial charge in [-0.3, -0.25) is 9.78 Å². The fourth-order valence-electron chi connectivity index (χ4n) is 1.36. The normalized spacial score (nSPS) is 11.3. The number of halogens is 3. The molecule has 0 aliphatic heterocycles. The molecular formula is C11H14F3N3O. The number of carbonyl (C=O) groups excluding carboxylic acids is 1. The van der Waals surface area contributed by atoms with Crippen molar-refractivity contribution in [2.45, 2.75) is 25.4 Å². The average Bonchev–Trinajstić information content (AvgIpc) is 2.27. The molecule has 100 valence electrons. The minimum Gasteiger partial charge on any atom is -0.385 e. The number of hydrogen-bond donors (Lipinski definition) is 2. The highest BCUT2D eigenvalue weighted by atomic mass is 19.4. The van der Waals surface area contributed by atoms with Gasteiger partial charge >= 0.3 is 6.18 Å². The first-order chi connectivity index (χ1) is 8.38. The van der Waals surface area contributed by atoms with Gasteiger partial charge < -0.3 is 11.1 Å². The summed E-state index contributed by atoms with van der Waals surface area (Å²) in [5.41, 5.74) is 5.79. The minimum absolute atomic E-state index is 0.0737. The summed E-state index contributed by atoms with van der Waals surface area (Å²) in [5.74, 6) is -0.643. The molecule has 0 unspecified atom stereocenters. The van der Waals surface area contributed by atoms with E-state index in [1.807, 2.05) is 0 Å². The van der Waals surface area contributed by atoms with Crippen LogP contribution in [0, 0.1) is 0 Å². The van der Waals surface area contributed by atoms with Crippen LogP contribution in [-0.4, -0.2) is 23.6 Å². The van der Waals surface area contributed by atoms with Gasteiger partial charge in [0.25, 0.3) is 5.91 Å². The highest BCUT2D eigenvalue weighted by Crippen LogP contribution is 2.22. The number of carbonyl (C=O) groups is 1. The summed E-state index contributed by atoms with van der Waals surface area (Å²) < 4.78 is 35.6. The van der Waals surface area contributed by atoms with Crippen molar-refractivity contribution >= 4 is 11.6 Å². The molecule has 7 heteroatoms. The van der Waals surface area contributed by atoms with Crippen LogP contribution >= 0.6 is 0 Å². The van der Waals surface area contributed by atoms with Crippen molar-refractivity contribution in [3.63, 3.8) is 0 Å². The number of rotatable bonds is 6. The highest BCUT2D eigenvalue weighted by Gasteiger charge is 2.25. The molecule has 0 saturated carbocycles. The van der Waals surface area contributed by atoms with Crippen LogP contribution in [0.4, 0.5) is 18.9 Å². The predicted molar refractivity (Wildman–Crippen MR) is 61.2 cm³/mol. The lowest BCUT2D eigenvalue weighted by molar-refractivity contribution is -0.135. The summed E-state index contributed by atoms with van der Waals surface area (Å²) in [7, 11) is 0. The molecule has 0 bridgehead atoms. The Kier molecular flexibility index (Phi) is 4.94. The van der Waals surface area contributed by atoms with Crippen LogP contribution in [0.1, 0.15) is 29.8 Å². The van der Waals surface area contributed by atoms with Crippen molar-refractivity contribution in [1.29, 1.82) is 0 Å². The third-order valence-electron chi connectivity index (χ3n) is 2.23. The zero-order chi connectivity index (χ0) is 13.6. The van der Waals surface area contributed by atoms with Gasteiger partial charge in [-0.25, -0.2) is 0 Å². The number of unbranched alkanes of at least 4 members (excludes halogenated alkanes) is 1. The topological polar surface area (TPSA) is 68.0 Å². The molecule has 4 nitrogen and oxygen atoms in total. The minimum atomic E-state index is -4.10. The van der Waals surface area contributed by atoms with Gasteiger partial charge in [0.15, 0.2) is 0 Å². The smallest absolute Gasteiger partial charge is 0.385 e. The summed E-state index contributed by atoms with van der Waals surface area (Å²) in [6.07, 6.45) is -3.00. The van der Waals surface area contributed by atoms with Crippen LogP contribution in [0.25, 0.3) is 0 Å². The summed E-state index contributed by atoms with van der Waals surface area (Å²) in [6, 6.07) is 3.09. The number of anilines is 1. The molecule has 0 atom stereocenters. The van der Waals surface area contributed by atoms with Gasteiger partial charge in [0.2, 0.25) is 0 Å². The van der Waals surface area contributed by atoms with Crippen LogP contribution < -0.4 is 11.1 Å².